The normalized spacial score (nSPS) is 10.4. The molecule has 0 spiro atoms. The van der Waals surface area contributed by atoms with Crippen LogP contribution in [0, 0.1) is 5.41 Å². The van der Waals surface area contributed by atoms with Gasteiger partial charge in [0.25, 0.3) is 0 Å². The number of aliphatic carboxylic acids is 1. The van der Waals surface area contributed by atoms with Gasteiger partial charge in [0.05, 0.1) is 5.52 Å². The molecule has 0 atom stereocenters. The van der Waals surface area contributed by atoms with Crippen LogP contribution >= 0.6 is 0 Å². The number of hydrogen-bond donors (Lipinski definition) is 4. The van der Waals surface area contributed by atoms with Crippen molar-refractivity contribution in [3.8, 4) is 0 Å². The summed E-state index contributed by atoms with van der Waals surface area (Å²) in [6.45, 7) is 11.7. The number of carboxylic acids is 1. The van der Waals surface area contributed by atoms with Gasteiger partial charge in [0.2, 0.25) is 0 Å². The van der Waals surface area contributed by atoms with Gasteiger partial charge in [-0.2, -0.15) is 0 Å². The fraction of sp³-hybridized carbons (Fsp3) is 0.400. The molecule has 0 fully saturated rings. The third-order valence-corrected chi connectivity index (χ3v) is 4.22. The molecule has 1 heterocycles. The summed E-state index contributed by atoms with van der Waals surface area (Å²) >= 11 is 0. The Morgan fingerprint density at radius 2 is 1.39 bits per heavy atom. The summed E-state index contributed by atoms with van der Waals surface area (Å²) in [5.41, 5.74) is 0.863. The van der Waals surface area contributed by atoms with Crippen molar-refractivity contribution >= 4 is 33.7 Å². The molecule has 1 aromatic heterocycles. The van der Waals surface area contributed by atoms with Crippen molar-refractivity contribution in [2.75, 3.05) is 0 Å². The zero-order valence-corrected chi connectivity index (χ0v) is 22.6. The summed E-state index contributed by atoms with van der Waals surface area (Å²) < 4.78 is 0. The van der Waals surface area contributed by atoms with E-state index in [0.29, 0.717) is 0 Å². The van der Waals surface area contributed by atoms with E-state index in [1.807, 2.05) is 38.2 Å². The smallest absolute Gasteiger partial charge is 0.405 e. The Hall–Kier alpha value is -2.50. The number of carbonyl (C=O) groups is 2. The number of rotatable bonds is 3. The van der Waals surface area contributed by atoms with Gasteiger partial charge in [0, 0.05) is 50.0 Å². The molecule has 0 unspecified atom stereocenters. The third-order valence-electron chi connectivity index (χ3n) is 4.22. The van der Waals surface area contributed by atoms with E-state index in [1.165, 1.54) is 16.2 Å². The monoisotopic (exact) mass is 638 g/mol. The van der Waals surface area contributed by atoms with Crippen LogP contribution in [-0.2, 0) is 25.9 Å². The number of aromatic nitrogens is 1. The van der Waals surface area contributed by atoms with E-state index in [4.69, 9.17) is 10.2 Å². The van der Waals surface area contributed by atoms with Crippen LogP contribution in [0.3, 0.4) is 0 Å². The fourth-order valence-corrected chi connectivity index (χ4v) is 3.47. The Balaban J connectivity index is 0. The van der Waals surface area contributed by atoms with Crippen LogP contribution < -0.4 is 11.5 Å². The average Bonchev–Trinajstić information content (AvgIpc) is 2.66. The van der Waals surface area contributed by atoms with Crippen LogP contribution in [0.4, 0.5) is 4.79 Å². The van der Waals surface area contributed by atoms with Crippen molar-refractivity contribution in [3.05, 3.63) is 54.7 Å². The molecule has 1 amide bonds. The topological polar surface area (TPSA) is 135 Å². The molecule has 0 aliphatic carbocycles. The molecule has 0 aliphatic heterocycles. The van der Waals surface area contributed by atoms with Gasteiger partial charge in [0.15, 0.2) is 0 Å². The van der Waals surface area contributed by atoms with Crippen molar-refractivity contribution in [2.24, 2.45) is 5.41 Å². The van der Waals surface area contributed by atoms with E-state index >= 15 is 0 Å². The second kappa shape index (κ2) is 14.6. The van der Waals surface area contributed by atoms with Gasteiger partial charge in [-0.05, 0) is 37.1 Å². The van der Waals surface area contributed by atoms with E-state index in [9.17, 15) is 9.59 Å². The predicted octanol–water partition coefficient (Wildman–Crippen LogP) is 6.50. The minimum Gasteiger partial charge on any atom is -0.481 e. The number of para-hydroxylation sites is 1. The molecule has 0 saturated heterocycles. The number of pyridine rings is 1. The molecule has 0 radical (unpaired) electrons. The Bertz CT molecular complexity index is 962. The second-order valence-electron chi connectivity index (χ2n) is 9.16. The van der Waals surface area contributed by atoms with Crippen LogP contribution in [0.2, 0.25) is 0 Å². The van der Waals surface area contributed by atoms with Gasteiger partial charge < -0.3 is 21.7 Å². The van der Waals surface area contributed by atoms with Crippen LogP contribution in [0.15, 0.2) is 54.7 Å². The summed E-state index contributed by atoms with van der Waals surface area (Å²) in [7, 11) is 0. The van der Waals surface area contributed by atoms with Gasteiger partial charge in [0.1, 0.15) is 0 Å². The third kappa shape index (κ3) is 13.0. The molecular formula is C25H37N3O4Pt. The van der Waals surface area contributed by atoms with Crippen LogP contribution in [-0.4, -0.2) is 32.8 Å². The van der Waals surface area contributed by atoms with Gasteiger partial charge in [-0.15, -0.1) is 0 Å². The van der Waals surface area contributed by atoms with Crippen LogP contribution in [0.25, 0.3) is 21.7 Å². The minimum atomic E-state index is -0.954. The van der Waals surface area contributed by atoms with E-state index in [-0.39, 0.29) is 44.6 Å². The molecule has 6 N–H and O–H groups in total. The Labute approximate surface area is 210 Å². The molecule has 7 nitrogen and oxygen atoms in total. The summed E-state index contributed by atoms with van der Waals surface area (Å²) in [6, 6.07) is 16.6. The number of nitrogens with one attached hydrogen (secondary N) is 1. The van der Waals surface area contributed by atoms with Crippen LogP contribution in [0.1, 0.15) is 54.4 Å². The molecule has 186 valence electrons. The van der Waals surface area contributed by atoms with Gasteiger partial charge in [-0.25, -0.2) is 4.79 Å². The largest absolute Gasteiger partial charge is 0.481 e. The molecule has 3 aromatic rings. The summed E-state index contributed by atoms with van der Waals surface area (Å²) in [4.78, 5) is 24.2. The van der Waals surface area contributed by atoms with Crippen molar-refractivity contribution in [3.63, 3.8) is 0 Å². The number of benzene rings is 2. The van der Waals surface area contributed by atoms with Crippen molar-refractivity contribution in [2.45, 2.75) is 59.9 Å². The molecule has 0 saturated carbocycles. The summed E-state index contributed by atoms with van der Waals surface area (Å²) in [6.07, 6.45) is 2.02. The SMILES string of the molecule is CC(C)(C)CC(C)(C)NC(=O)O.CCC(=O)O.N.[Pt].c1ccc2c(c1)cnc1ccccc12. The Morgan fingerprint density at radius 3 is 1.88 bits per heavy atom. The standard InChI is InChI=1S/C13H9N.C9H19NO2.C3H6O2.H3N.Pt/c1-2-6-11-10(5-1)9-14-13-8-4-3-7-12(11)13;1-8(2,3)6-9(4,5)10-7(11)12;1-2-3(4)5;;/h1-9H;10H,6H2,1-5H3,(H,11,12);2H2,1H3,(H,4,5);1H3;. The number of fused-ring (bicyclic) bond motifs is 3. The zero-order valence-electron chi connectivity index (χ0n) is 20.3. The maximum atomic E-state index is 10.4. The Morgan fingerprint density at radius 1 is 0.909 bits per heavy atom. The van der Waals surface area contributed by atoms with E-state index in [0.717, 1.165) is 11.9 Å². The molecule has 2 aromatic carbocycles. The van der Waals surface area contributed by atoms with Crippen molar-refractivity contribution in [1.82, 2.24) is 16.5 Å². The fourth-order valence-electron chi connectivity index (χ4n) is 3.47. The molecule has 3 rings (SSSR count). The Kier molecular flexibility index (Phi) is 14.5. The second-order valence-corrected chi connectivity index (χ2v) is 9.16. The first-order valence-electron chi connectivity index (χ1n) is 10.3. The number of carboxylic acid groups (broad SMARTS) is 2. The predicted molar refractivity (Wildman–Crippen MR) is 132 cm³/mol. The molecule has 33 heavy (non-hydrogen) atoms. The molecule has 0 bridgehead atoms. The van der Waals surface area contributed by atoms with E-state index in [2.05, 4.69) is 61.4 Å². The van der Waals surface area contributed by atoms with Crippen molar-refractivity contribution in [1.29, 1.82) is 0 Å². The first-order valence-corrected chi connectivity index (χ1v) is 10.3. The van der Waals surface area contributed by atoms with E-state index < -0.39 is 12.1 Å². The molecule has 8 heteroatoms. The molecule has 0 aliphatic rings. The zero-order chi connectivity index (χ0) is 23.7. The molecular weight excluding hydrogens is 601 g/mol. The minimum absolute atomic E-state index is 0. The van der Waals surface area contributed by atoms with E-state index in [1.54, 1.807) is 6.92 Å². The first-order chi connectivity index (χ1) is 14.3. The maximum absolute atomic E-state index is 10.4. The number of nitrogens with zero attached hydrogens (tertiary/aromatic N) is 1. The average molecular weight is 639 g/mol. The van der Waals surface area contributed by atoms with Gasteiger partial charge >= 0.3 is 12.1 Å². The summed E-state index contributed by atoms with van der Waals surface area (Å²) in [5, 5.41) is 22.5. The van der Waals surface area contributed by atoms with Crippen LogP contribution in [0.5, 0.6) is 0 Å². The van der Waals surface area contributed by atoms with Gasteiger partial charge in [-0.1, -0.05) is 70.2 Å². The summed E-state index contributed by atoms with van der Waals surface area (Å²) in [5.74, 6) is -0.745. The maximum Gasteiger partial charge on any atom is 0.405 e. The number of hydrogen-bond acceptors (Lipinski definition) is 4. The number of amides is 1. The van der Waals surface area contributed by atoms with Gasteiger partial charge in [-0.3, -0.25) is 9.78 Å². The quantitative estimate of drug-likeness (QED) is 0.242. The van der Waals surface area contributed by atoms with Crippen molar-refractivity contribution < 1.29 is 40.9 Å². The first kappa shape index (κ1) is 32.7.